The van der Waals surface area contributed by atoms with E-state index < -0.39 is 5.92 Å². The van der Waals surface area contributed by atoms with Crippen LogP contribution < -0.4 is 4.73 Å². The summed E-state index contributed by atoms with van der Waals surface area (Å²) < 4.78 is 0.836. The molecule has 2 aromatic carbocycles. The normalized spacial score (nSPS) is 13.8. The average Bonchev–Trinajstić information content (AvgIpc) is 3.72. The van der Waals surface area contributed by atoms with E-state index in [9.17, 15) is 14.8 Å². The van der Waals surface area contributed by atoms with Crippen LogP contribution in [0.25, 0.3) is 22.4 Å². The molecule has 1 unspecified atom stereocenters. The number of aromatic nitrogens is 2. The zero-order chi connectivity index (χ0) is 25.9. The summed E-state index contributed by atoms with van der Waals surface area (Å²) in [5.41, 5.74) is 5.08. The van der Waals surface area contributed by atoms with Crippen LogP contribution in [0.5, 0.6) is 0 Å². The van der Waals surface area contributed by atoms with Gasteiger partial charge in [0.05, 0.1) is 5.69 Å². The van der Waals surface area contributed by atoms with Gasteiger partial charge in [0.25, 0.3) is 0 Å². The number of carbonyl (C=O) groups excluding carboxylic acids is 2. The Bertz CT molecular complexity index is 1450. The van der Waals surface area contributed by atoms with Gasteiger partial charge in [0.15, 0.2) is 17.8 Å². The van der Waals surface area contributed by atoms with Crippen molar-refractivity contribution in [1.82, 2.24) is 4.98 Å². The molecule has 0 spiro atoms. The van der Waals surface area contributed by atoms with Gasteiger partial charge in [-0.3, -0.25) is 14.6 Å². The van der Waals surface area contributed by atoms with Crippen LogP contribution in [0, 0.1) is 11.1 Å². The van der Waals surface area contributed by atoms with Gasteiger partial charge < -0.3 is 5.21 Å². The molecule has 0 N–H and O–H groups in total. The smallest absolute Gasteiger partial charge is 0.203 e. The number of halogens is 1. The van der Waals surface area contributed by atoms with Gasteiger partial charge in [0, 0.05) is 40.4 Å². The Hall–Kier alpha value is -3.83. The lowest BCUT2D eigenvalue weighted by atomic mass is 9.89. The van der Waals surface area contributed by atoms with Gasteiger partial charge in [0.2, 0.25) is 5.69 Å². The Morgan fingerprint density at radius 1 is 1.03 bits per heavy atom. The predicted octanol–water partition coefficient (Wildman–Crippen LogP) is 6.60. The topological polar surface area (TPSA) is 74.0 Å². The fourth-order valence-electron chi connectivity index (χ4n) is 4.71. The van der Waals surface area contributed by atoms with Crippen LogP contribution in [0.2, 0.25) is 5.02 Å². The minimum Gasteiger partial charge on any atom is -0.618 e. The summed E-state index contributed by atoms with van der Waals surface area (Å²) in [5, 5.41) is 13.9. The molecule has 1 fully saturated rings. The molecule has 186 valence electrons. The van der Waals surface area contributed by atoms with Gasteiger partial charge >= 0.3 is 0 Å². The van der Waals surface area contributed by atoms with E-state index in [1.165, 1.54) is 13.1 Å². The lowest BCUT2D eigenvalue weighted by Crippen LogP contribution is -2.36. The first kappa shape index (κ1) is 24.8. The maximum absolute atomic E-state index is 13.4. The summed E-state index contributed by atoms with van der Waals surface area (Å²) >= 11 is 6.32. The lowest BCUT2D eigenvalue weighted by Gasteiger charge is -2.17. The lowest BCUT2D eigenvalue weighted by molar-refractivity contribution is -0.614. The van der Waals surface area contributed by atoms with Crippen LogP contribution in [-0.4, -0.2) is 16.6 Å². The van der Waals surface area contributed by atoms with E-state index in [1.807, 2.05) is 54.6 Å². The number of carbonyl (C=O) groups is 2. The van der Waals surface area contributed by atoms with Crippen LogP contribution in [0.15, 0.2) is 85.2 Å². The molecule has 1 aliphatic carbocycles. The Balaban J connectivity index is 1.45. The maximum atomic E-state index is 13.4. The molecule has 0 saturated heterocycles. The second-order valence-electron chi connectivity index (χ2n) is 9.70. The summed E-state index contributed by atoms with van der Waals surface area (Å²) in [6.07, 6.45) is 6.32. The first-order valence-corrected chi connectivity index (χ1v) is 12.8. The molecule has 4 aromatic rings. The number of nitrogens with zero attached hydrogens (tertiary/aromatic N) is 2. The van der Waals surface area contributed by atoms with Crippen LogP contribution in [0.4, 0.5) is 0 Å². The van der Waals surface area contributed by atoms with Crippen LogP contribution in [0.1, 0.15) is 53.7 Å². The minimum absolute atomic E-state index is 0.0109. The van der Waals surface area contributed by atoms with E-state index in [1.54, 1.807) is 24.4 Å². The highest BCUT2D eigenvalue weighted by Gasteiger charge is 2.34. The van der Waals surface area contributed by atoms with Crippen molar-refractivity contribution in [2.75, 3.05) is 0 Å². The molecule has 1 atom stereocenters. The predicted molar refractivity (Wildman–Crippen MR) is 144 cm³/mol. The Morgan fingerprint density at radius 2 is 1.81 bits per heavy atom. The molecule has 5 rings (SSSR count). The molecule has 2 aromatic heterocycles. The number of hydrogen-bond acceptors (Lipinski definition) is 4. The summed E-state index contributed by atoms with van der Waals surface area (Å²) in [5.74, 6) is -0.0156. The van der Waals surface area contributed by atoms with E-state index in [0.717, 1.165) is 40.0 Å². The fraction of sp³-hybridized carbons (Fsp3) is 0.226. The summed E-state index contributed by atoms with van der Waals surface area (Å²) in [4.78, 5) is 29.5. The Morgan fingerprint density at radius 3 is 2.46 bits per heavy atom. The number of rotatable bonds is 9. The first-order chi connectivity index (χ1) is 17.9. The van der Waals surface area contributed by atoms with E-state index in [-0.39, 0.29) is 18.0 Å². The quantitative estimate of drug-likeness (QED) is 0.144. The van der Waals surface area contributed by atoms with Crippen molar-refractivity contribution in [2.24, 2.45) is 5.92 Å². The third-order valence-electron chi connectivity index (χ3n) is 6.93. The average molecular weight is 511 g/mol. The molecule has 2 heterocycles. The molecule has 0 amide bonds. The molecular formula is C31H27ClN2O3. The Labute approximate surface area is 221 Å². The van der Waals surface area contributed by atoms with Gasteiger partial charge in [-0.05, 0) is 60.7 Å². The van der Waals surface area contributed by atoms with Crippen molar-refractivity contribution < 1.29 is 14.3 Å². The van der Waals surface area contributed by atoms with Gasteiger partial charge in [0.1, 0.15) is 5.92 Å². The van der Waals surface area contributed by atoms with E-state index in [2.05, 4.69) is 4.98 Å². The largest absolute Gasteiger partial charge is 0.618 e. The van der Waals surface area contributed by atoms with Crippen molar-refractivity contribution in [2.45, 2.75) is 38.5 Å². The van der Waals surface area contributed by atoms with Gasteiger partial charge in [-0.15, -0.1) is 0 Å². The number of ketones is 2. The zero-order valence-corrected chi connectivity index (χ0v) is 21.3. The highest BCUT2D eigenvalue weighted by atomic mass is 35.5. The number of benzene rings is 2. The first-order valence-electron chi connectivity index (χ1n) is 12.5. The third-order valence-corrected chi connectivity index (χ3v) is 7.16. The summed E-state index contributed by atoms with van der Waals surface area (Å²) in [6.45, 7) is 1.52. The SMILES string of the molecule is CC(=O)c1ccc(CC(=O)C(CC2CC2)c2ccc(-c3cc(Cl)ccc3-c3ccccn3)c[n+]2[O-])cc1. The molecule has 6 heteroatoms. The molecule has 5 nitrogen and oxygen atoms in total. The van der Waals surface area contributed by atoms with Crippen molar-refractivity contribution in [3.05, 3.63) is 112 Å². The van der Waals surface area contributed by atoms with Crippen molar-refractivity contribution in [3.63, 3.8) is 0 Å². The number of pyridine rings is 2. The number of hydrogen-bond donors (Lipinski definition) is 0. The fourth-order valence-corrected chi connectivity index (χ4v) is 4.88. The molecule has 0 bridgehead atoms. The standard InChI is InChI=1S/C31H27ClN2O3/c1-20(35)23-9-7-22(8-10-23)17-31(36)28(16-21-5-6-21)30-14-11-24(19-34(30)37)27-18-25(32)12-13-26(27)29-4-2-3-15-33-29/h2-4,7-15,18-19,21,28H,5-6,16-17H2,1H3. The highest BCUT2D eigenvalue weighted by Crippen LogP contribution is 2.39. The van der Waals surface area contributed by atoms with Crippen molar-refractivity contribution >= 4 is 23.2 Å². The molecular weight excluding hydrogens is 484 g/mol. The summed E-state index contributed by atoms with van der Waals surface area (Å²) in [6, 6.07) is 22.0. The number of Topliss-reactive ketones (excluding diaryl/α,β-unsaturated/α-hetero) is 2. The molecule has 37 heavy (non-hydrogen) atoms. The molecule has 0 radical (unpaired) electrons. The second kappa shape index (κ2) is 10.7. The molecule has 1 saturated carbocycles. The third kappa shape index (κ3) is 5.78. The van der Waals surface area contributed by atoms with E-state index in [4.69, 9.17) is 11.6 Å². The molecule has 1 aliphatic rings. The molecule has 0 aliphatic heterocycles. The highest BCUT2D eigenvalue weighted by molar-refractivity contribution is 6.31. The monoisotopic (exact) mass is 510 g/mol. The van der Waals surface area contributed by atoms with Crippen molar-refractivity contribution in [3.8, 4) is 22.4 Å². The van der Waals surface area contributed by atoms with Crippen LogP contribution in [0.3, 0.4) is 0 Å². The van der Waals surface area contributed by atoms with Crippen LogP contribution >= 0.6 is 11.6 Å². The Kier molecular flexibility index (Phi) is 7.15. The van der Waals surface area contributed by atoms with E-state index in [0.29, 0.717) is 34.2 Å². The summed E-state index contributed by atoms with van der Waals surface area (Å²) in [7, 11) is 0. The van der Waals surface area contributed by atoms with Gasteiger partial charge in [-0.1, -0.05) is 60.8 Å². The van der Waals surface area contributed by atoms with Gasteiger partial charge in [-0.25, -0.2) is 0 Å². The van der Waals surface area contributed by atoms with Crippen LogP contribution in [-0.2, 0) is 11.2 Å². The zero-order valence-electron chi connectivity index (χ0n) is 20.6. The maximum Gasteiger partial charge on any atom is 0.203 e. The minimum atomic E-state index is -0.485. The van der Waals surface area contributed by atoms with Gasteiger partial charge in [-0.2, -0.15) is 4.73 Å². The van der Waals surface area contributed by atoms with E-state index >= 15 is 0 Å². The second-order valence-corrected chi connectivity index (χ2v) is 10.1. The van der Waals surface area contributed by atoms with Crippen molar-refractivity contribution in [1.29, 1.82) is 0 Å².